The quantitative estimate of drug-likeness (QED) is 0.292. The van der Waals surface area contributed by atoms with Gasteiger partial charge in [0.1, 0.15) is 0 Å². The lowest BCUT2D eigenvalue weighted by molar-refractivity contribution is -0.0118. The Kier molecular flexibility index (Phi) is 9.19. The molecule has 0 aliphatic heterocycles. The predicted octanol–water partition coefficient (Wildman–Crippen LogP) is 2.08. The van der Waals surface area contributed by atoms with Crippen molar-refractivity contribution in [3.63, 3.8) is 0 Å². The first kappa shape index (κ1) is 17.4. The van der Waals surface area contributed by atoms with E-state index < -0.39 is 12.1 Å². The van der Waals surface area contributed by atoms with E-state index in [-0.39, 0.29) is 6.61 Å². The predicted molar refractivity (Wildman–Crippen MR) is 77.8 cm³/mol. The average Bonchev–Trinajstić information content (AvgIpc) is 2.52. The summed E-state index contributed by atoms with van der Waals surface area (Å²) in [4.78, 5) is 2.78. The summed E-state index contributed by atoms with van der Waals surface area (Å²) in [6, 6.07) is 8.45. The molecular weight excluding hydrogens is 274 g/mol. The number of benzene rings is 1. The van der Waals surface area contributed by atoms with Crippen molar-refractivity contribution in [3.8, 4) is 0 Å². The summed E-state index contributed by atoms with van der Waals surface area (Å²) in [5.41, 5.74) is 9.37. The third kappa shape index (κ3) is 7.08. The molecule has 1 aromatic carbocycles. The number of hydrogen-bond acceptors (Lipinski definition) is 5. The monoisotopic (exact) mass is 295 g/mol. The zero-order chi connectivity index (χ0) is 15.3. The molecule has 7 nitrogen and oxygen atoms in total. The Labute approximate surface area is 124 Å². The van der Waals surface area contributed by atoms with Crippen LogP contribution in [0.25, 0.3) is 10.4 Å². The van der Waals surface area contributed by atoms with Gasteiger partial charge in [0.15, 0.2) is 0 Å². The van der Waals surface area contributed by atoms with Crippen molar-refractivity contribution in [1.82, 2.24) is 0 Å². The normalized spacial score (nSPS) is 13.4. The van der Waals surface area contributed by atoms with E-state index in [1.165, 1.54) is 0 Å². The molecule has 1 N–H and O–H groups in total. The Morgan fingerprint density at radius 3 is 2.48 bits per heavy atom. The standard InChI is InChI=1S/C14H21N3O4/c1-19-7-8-20-9-10-21-11-13(18)14(16-17-15)12-5-3-2-4-6-12/h2-6,13-14,18H,7-11H2,1H3/t13-,14+/m0/s1. The van der Waals surface area contributed by atoms with Gasteiger partial charge in [-0.05, 0) is 11.1 Å². The largest absolute Gasteiger partial charge is 0.390 e. The molecule has 0 aliphatic rings. The molecule has 7 heteroatoms. The van der Waals surface area contributed by atoms with Crippen LogP contribution in [0.4, 0.5) is 0 Å². The van der Waals surface area contributed by atoms with Crippen LogP contribution in [0.3, 0.4) is 0 Å². The Hall–Kier alpha value is -1.63. The number of ether oxygens (including phenoxy) is 3. The number of hydrogen-bond donors (Lipinski definition) is 1. The van der Waals surface area contributed by atoms with Crippen molar-refractivity contribution in [2.24, 2.45) is 5.11 Å². The number of rotatable bonds is 11. The summed E-state index contributed by atoms with van der Waals surface area (Å²) < 4.78 is 15.4. The molecule has 0 fully saturated rings. The minimum Gasteiger partial charge on any atom is -0.390 e. The van der Waals surface area contributed by atoms with Gasteiger partial charge in [-0.25, -0.2) is 0 Å². The third-order valence-electron chi connectivity index (χ3n) is 2.77. The van der Waals surface area contributed by atoms with Gasteiger partial charge in [0.25, 0.3) is 0 Å². The highest BCUT2D eigenvalue weighted by Gasteiger charge is 2.19. The Morgan fingerprint density at radius 2 is 1.81 bits per heavy atom. The van der Waals surface area contributed by atoms with Gasteiger partial charge in [-0.2, -0.15) is 0 Å². The van der Waals surface area contributed by atoms with Gasteiger partial charge in [-0.3, -0.25) is 0 Å². The second-order valence-electron chi connectivity index (χ2n) is 4.31. The molecule has 0 aliphatic carbocycles. The zero-order valence-corrected chi connectivity index (χ0v) is 12.1. The Morgan fingerprint density at radius 1 is 1.14 bits per heavy atom. The van der Waals surface area contributed by atoms with Gasteiger partial charge in [0.05, 0.1) is 45.2 Å². The smallest absolute Gasteiger partial charge is 0.0907 e. The molecule has 0 saturated carbocycles. The second-order valence-corrected chi connectivity index (χ2v) is 4.31. The van der Waals surface area contributed by atoms with E-state index in [1.54, 1.807) is 19.2 Å². The lowest BCUT2D eigenvalue weighted by atomic mass is 10.0. The molecule has 0 radical (unpaired) electrons. The highest BCUT2D eigenvalue weighted by Crippen LogP contribution is 2.21. The van der Waals surface area contributed by atoms with Gasteiger partial charge in [-0.1, -0.05) is 35.4 Å². The molecule has 0 bridgehead atoms. The van der Waals surface area contributed by atoms with Crippen molar-refractivity contribution in [2.45, 2.75) is 12.1 Å². The third-order valence-corrected chi connectivity index (χ3v) is 2.77. The van der Waals surface area contributed by atoms with E-state index in [0.29, 0.717) is 26.4 Å². The van der Waals surface area contributed by atoms with E-state index in [0.717, 1.165) is 5.56 Å². The van der Waals surface area contributed by atoms with Gasteiger partial charge in [-0.15, -0.1) is 0 Å². The molecule has 0 aromatic heterocycles. The van der Waals surface area contributed by atoms with Crippen molar-refractivity contribution in [1.29, 1.82) is 0 Å². The lowest BCUT2D eigenvalue weighted by Crippen LogP contribution is -2.24. The minimum atomic E-state index is -0.901. The maximum atomic E-state index is 10.1. The Balaban J connectivity index is 2.34. The molecule has 1 aromatic rings. The van der Waals surface area contributed by atoms with Gasteiger partial charge in [0.2, 0.25) is 0 Å². The number of methoxy groups -OCH3 is 1. The zero-order valence-electron chi connectivity index (χ0n) is 12.1. The molecule has 0 saturated heterocycles. The maximum absolute atomic E-state index is 10.1. The summed E-state index contributed by atoms with van der Waals surface area (Å²) in [6.07, 6.45) is -0.901. The van der Waals surface area contributed by atoms with Crippen LogP contribution in [-0.4, -0.2) is 51.4 Å². The molecular formula is C14H21N3O4. The number of aliphatic hydroxyl groups excluding tert-OH is 1. The van der Waals surface area contributed by atoms with E-state index in [1.807, 2.05) is 18.2 Å². The summed E-state index contributed by atoms with van der Waals surface area (Å²) in [5, 5.41) is 13.7. The van der Waals surface area contributed by atoms with E-state index >= 15 is 0 Å². The average molecular weight is 295 g/mol. The van der Waals surface area contributed by atoms with E-state index in [9.17, 15) is 5.11 Å². The van der Waals surface area contributed by atoms with Crippen LogP contribution in [-0.2, 0) is 14.2 Å². The van der Waals surface area contributed by atoms with Crippen molar-refractivity contribution in [2.75, 3.05) is 40.1 Å². The summed E-state index contributed by atoms with van der Waals surface area (Å²) in [7, 11) is 1.61. The fourth-order valence-electron chi connectivity index (χ4n) is 1.73. The van der Waals surface area contributed by atoms with Crippen LogP contribution in [0.1, 0.15) is 11.6 Å². The van der Waals surface area contributed by atoms with Gasteiger partial charge < -0.3 is 19.3 Å². The Bertz CT molecular complexity index is 423. The molecule has 1 rings (SSSR count). The number of nitrogens with zero attached hydrogens (tertiary/aromatic N) is 3. The van der Waals surface area contributed by atoms with Crippen molar-refractivity contribution >= 4 is 0 Å². The fraction of sp³-hybridized carbons (Fsp3) is 0.571. The number of azide groups is 1. The molecule has 0 spiro atoms. The van der Waals surface area contributed by atoms with Crippen molar-refractivity contribution in [3.05, 3.63) is 46.3 Å². The molecule has 0 amide bonds. The second kappa shape index (κ2) is 11.1. The SMILES string of the molecule is COCCOCCOC[C@H](O)[C@H](N=[N+]=[N-])c1ccccc1. The first-order chi connectivity index (χ1) is 10.3. The topological polar surface area (TPSA) is 96.7 Å². The van der Waals surface area contributed by atoms with E-state index in [2.05, 4.69) is 10.0 Å². The van der Waals surface area contributed by atoms with Crippen LogP contribution >= 0.6 is 0 Å². The minimum absolute atomic E-state index is 0.0756. The summed E-state index contributed by atoms with van der Waals surface area (Å²) in [6.45, 7) is 1.90. The van der Waals surface area contributed by atoms with E-state index in [4.69, 9.17) is 19.7 Å². The van der Waals surface area contributed by atoms with Gasteiger partial charge >= 0.3 is 0 Å². The fourth-order valence-corrected chi connectivity index (χ4v) is 1.73. The molecule has 116 valence electrons. The summed E-state index contributed by atoms with van der Waals surface area (Å²) >= 11 is 0. The van der Waals surface area contributed by atoms with Crippen LogP contribution in [0.2, 0.25) is 0 Å². The first-order valence-corrected chi connectivity index (χ1v) is 6.71. The first-order valence-electron chi connectivity index (χ1n) is 6.71. The lowest BCUT2D eigenvalue weighted by Gasteiger charge is -2.18. The highest BCUT2D eigenvalue weighted by molar-refractivity contribution is 5.20. The van der Waals surface area contributed by atoms with Crippen LogP contribution in [0.5, 0.6) is 0 Å². The van der Waals surface area contributed by atoms with Crippen LogP contribution in [0, 0.1) is 0 Å². The molecule has 21 heavy (non-hydrogen) atoms. The van der Waals surface area contributed by atoms with Gasteiger partial charge in [0, 0.05) is 12.0 Å². The van der Waals surface area contributed by atoms with Crippen LogP contribution < -0.4 is 0 Å². The highest BCUT2D eigenvalue weighted by atomic mass is 16.5. The molecule has 0 unspecified atom stereocenters. The van der Waals surface area contributed by atoms with Crippen molar-refractivity contribution < 1.29 is 19.3 Å². The summed E-state index contributed by atoms with van der Waals surface area (Å²) in [5.74, 6) is 0. The van der Waals surface area contributed by atoms with Crippen LogP contribution in [0.15, 0.2) is 35.4 Å². The molecule has 2 atom stereocenters. The maximum Gasteiger partial charge on any atom is 0.0907 e. The molecule has 0 heterocycles. The number of aliphatic hydroxyl groups is 1.